The van der Waals surface area contributed by atoms with Crippen LogP contribution in [-0.4, -0.2) is 23.2 Å². The Bertz CT molecular complexity index is 124. The van der Waals surface area contributed by atoms with Crippen LogP contribution < -0.4 is 0 Å². The molecule has 1 rings (SSSR count). The second-order valence-corrected chi connectivity index (χ2v) is 3.57. The molecule has 1 unspecified atom stereocenters. The summed E-state index contributed by atoms with van der Waals surface area (Å²) in [5.74, 6) is 2.57. The van der Waals surface area contributed by atoms with E-state index in [1.165, 1.54) is 5.57 Å². The lowest BCUT2D eigenvalue weighted by molar-refractivity contribution is 0.261. The number of aliphatic hydroxyl groups excluding tert-OH is 1. The van der Waals surface area contributed by atoms with E-state index in [4.69, 9.17) is 5.11 Å². The average molecular weight is 209 g/mol. The molecule has 0 aromatic carbocycles. The smallest absolute Gasteiger partial charge is 0.0505 e. The van der Waals surface area contributed by atoms with Gasteiger partial charge in [0.05, 0.1) is 6.61 Å². The second kappa shape index (κ2) is 3.64. The van der Waals surface area contributed by atoms with Gasteiger partial charge in [-0.15, -0.1) is 0 Å². The lowest BCUT2D eigenvalue weighted by Crippen LogP contribution is -2.05. The fourth-order valence-electron chi connectivity index (χ4n) is 0.834. The first-order valence-electron chi connectivity index (χ1n) is 2.86. The van der Waals surface area contributed by atoms with Gasteiger partial charge in [0.2, 0.25) is 0 Å². The number of aliphatic hydroxyl groups is 1. The van der Waals surface area contributed by atoms with E-state index < -0.39 is 0 Å². The summed E-state index contributed by atoms with van der Waals surface area (Å²) >= 11 is 5.15. The van der Waals surface area contributed by atoms with Crippen LogP contribution in [0.5, 0.6) is 0 Å². The molecule has 1 fully saturated rings. The van der Waals surface area contributed by atoms with Crippen molar-refractivity contribution in [3.05, 3.63) is 10.6 Å². The molecule has 3 heteroatoms. The van der Waals surface area contributed by atoms with Gasteiger partial charge in [0.25, 0.3) is 0 Å². The number of halogens is 1. The van der Waals surface area contributed by atoms with Crippen molar-refractivity contribution in [3.8, 4) is 0 Å². The highest BCUT2D eigenvalue weighted by molar-refractivity contribution is 9.11. The fourth-order valence-corrected chi connectivity index (χ4v) is 2.86. The van der Waals surface area contributed by atoms with Crippen molar-refractivity contribution < 1.29 is 5.11 Å². The van der Waals surface area contributed by atoms with E-state index in [0.29, 0.717) is 12.5 Å². The molecule has 0 bridgehead atoms. The van der Waals surface area contributed by atoms with Gasteiger partial charge in [0.1, 0.15) is 0 Å². The normalized spacial score (nSPS) is 31.8. The summed E-state index contributed by atoms with van der Waals surface area (Å²) < 4.78 is 0. The van der Waals surface area contributed by atoms with Gasteiger partial charge < -0.3 is 5.11 Å². The summed E-state index contributed by atoms with van der Waals surface area (Å²) in [6, 6.07) is 0. The molecular weight excluding hydrogens is 200 g/mol. The van der Waals surface area contributed by atoms with Gasteiger partial charge in [-0.2, -0.15) is 11.8 Å². The first-order valence-corrected chi connectivity index (χ1v) is 4.93. The fraction of sp³-hybridized carbons (Fsp3) is 0.667. The number of rotatable bonds is 1. The van der Waals surface area contributed by atoms with E-state index >= 15 is 0 Å². The third-order valence-corrected chi connectivity index (χ3v) is 3.24. The van der Waals surface area contributed by atoms with Crippen LogP contribution >= 0.6 is 27.7 Å². The average Bonchev–Trinajstić information content (AvgIpc) is 2.33. The Morgan fingerprint density at radius 1 is 1.89 bits per heavy atom. The van der Waals surface area contributed by atoms with Gasteiger partial charge >= 0.3 is 0 Å². The second-order valence-electron chi connectivity index (χ2n) is 2.08. The van der Waals surface area contributed by atoms with Crippen molar-refractivity contribution in [2.45, 2.75) is 0 Å². The molecular formula is C6H9BrOS. The van der Waals surface area contributed by atoms with E-state index in [1.54, 1.807) is 0 Å². The van der Waals surface area contributed by atoms with E-state index in [2.05, 4.69) is 15.9 Å². The van der Waals surface area contributed by atoms with Crippen molar-refractivity contribution in [1.29, 1.82) is 0 Å². The minimum absolute atomic E-state index is 0.296. The topological polar surface area (TPSA) is 20.2 Å². The molecule has 1 atom stereocenters. The van der Waals surface area contributed by atoms with Crippen molar-refractivity contribution in [1.82, 2.24) is 0 Å². The van der Waals surface area contributed by atoms with Gasteiger partial charge in [-0.05, 0) is 10.6 Å². The molecule has 9 heavy (non-hydrogen) atoms. The first kappa shape index (κ1) is 7.63. The highest BCUT2D eigenvalue weighted by atomic mass is 79.9. The highest BCUT2D eigenvalue weighted by Gasteiger charge is 2.19. The van der Waals surface area contributed by atoms with Crippen LogP contribution in [0.4, 0.5) is 0 Å². The number of hydrogen-bond donors (Lipinski definition) is 1. The molecule has 1 nitrogen and oxygen atoms in total. The maximum atomic E-state index is 8.79. The lowest BCUT2D eigenvalue weighted by Gasteiger charge is -2.03. The Balaban J connectivity index is 2.52. The van der Waals surface area contributed by atoms with Gasteiger partial charge in [-0.1, -0.05) is 15.9 Å². The minimum atomic E-state index is 0.296. The van der Waals surface area contributed by atoms with Crippen molar-refractivity contribution in [3.63, 3.8) is 0 Å². The van der Waals surface area contributed by atoms with Gasteiger partial charge in [-0.3, -0.25) is 0 Å². The molecule has 0 aromatic heterocycles. The molecule has 0 saturated carbocycles. The molecule has 0 radical (unpaired) electrons. The van der Waals surface area contributed by atoms with Crippen LogP contribution in [0.1, 0.15) is 0 Å². The van der Waals surface area contributed by atoms with Crippen LogP contribution in [0, 0.1) is 5.92 Å². The maximum absolute atomic E-state index is 8.79. The van der Waals surface area contributed by atoms with Crippen LogP contribution in [-0.2, 0) is 0 Å². The zero-order chi connectivity index (χ0) is 6.69. The Hall–Kier alpha value is 0.530. The zero-order valence-electron chi connectivity index (χ0n) is 5.01. The quantitative estimate of drug-likeness (QED) is 0.708. The highest BCUT2D eigenvalue weighted by Crippen LogP contribution is 2.29. The van der Waals surface area contributed by atoms with Crippen LogP contribution in [0.3, 0.4) is 0 Å². The van der Waals surface area contributed by atoms with E-state index in [1.807, 2.05) is 16.7 Å². The molecule has 1 aliphatic rings. The molecule has 52 valence electrons. The van der Waals surface area contributed by atoms with E-state index in [0.717, 1.165) is 11.5 Å². The van der Waals surface area contributed by atoms with Crippen molar-refractivity contribution in [2.24, 2.45) is 5.92 Å². The van der Waals surface area contributed by atoms with Crippen LogP contribution in [0.25, 0.3) is 0 Å². The van der Waals surface area contributed by atoms with E-state index in [-0.39, 0.29) is 0 Å². The first-order chi connectivity index (χ1) is 4.38. The monoisotopic (exact) mass is 208 g/mol. The molecule has 1 saturated heterocycles. The maximum Gasteiger partial charge on any atom is 0.0505 e. The van der Waals surface area contributed by atoms with Crippen molar-refractivity contribution in [2.75, 3.05) is 18.1 Å². The molecule has 1 aliphatic heterocycles. The Morgan fingerprint density at radius 3 is 3.11 bits per heavy atom. The standard InChI is InChI=1S/C6H9BrOS/c7-1-5-3-9-4-6(5)2-8/h1,6,8H,2-4H2/b5-1+. The van der Waals surface area contributed by atoms with Gasteiger partial charge in [-0.25, -0.2) is 0 Å². The Labute approximate surface area is 67.7 Å². The lowest BCUT2D eigenvalue weighted by atomic mass is 10.1. The molecule has 0 spiro atoms. The SMILES string of the molecule is OCC1CSC/C1=C\Br. The van der Waals surface area contributed by atoms with E-state index in [9.17, 15) is 0 Å². The summed E-state index contributed by atoms with van der Waals surface area (Å²) in [7, 11) is 0. The number of thioether (sulfide) groups is 1. The molecule has 0 amide bonds. The summed E-state index contributed by atoms with van der Waals surface area (Å²) in [5, 5.41) is 8.79. The summed E-state index contributed by atoms with van der Waals surface area (Å²) in [6.07, 6.45) is 0. The number of hydrogen-bond acceptors (Lipinski definition) is 2. The van der Waals surface area contributed by atoms with Gasteiger partial charge in [0, 0.05) is 17.4 Å². The molecule has 0 aromatic rings. The van der Waals surface area contributed by atoms with Gasteiger partial charge in [0.15, 0.2) is 0 Å². The minimum Gasteiger partial charge on any atom is -0.396 e. The molecule has 1 N–H and O–H groups in total. The molecule has 0 aliphatic carbocycles. The Morgan fingerprint density at radius 2 is 2.67 bits per heavy atom. The van der Waals surface area contributed by atoms with Crippen LogP contribution in [0.15, 0.2) is 10.6 Å². The van der Waals surface area contributed by atoms with Crippen molar-refractivity contribution >= 4 is 27.7 Å². The predicted octanol–water partition coefficient (Wildman–Crippen LogP) is 1.62. The predicted molar refractivity (Wildman–Crippen MR) is 44.9 cm³/mol. The largest absolute Gasteiger partial charge is 0.396 e. The zero-order valence-corrected chi connectivity index (χ0v) is 7.41. The molecule has 1 heterocycles. The summed E-state index contributed by atoms with van der Waals surface area (Å²) in [4.78, 5) is 1.94. The Kier molecular flexibility index (Phi) is 3.09. The van der Waals surface area contributed by atoms with Crippen LogP contribution in [0.2, 0.25) is 0 Å². The summed E-state index contributed by atoms with van der Waals surface area (Å²) in [5.41, 5.74) is 1.34. The third-order valence-electron chi connectivity index (χ3n) is 1.47. The third kappa shape index (κ3) is 1.72. The summed E-state index contributed by atoms with van der Waals surface area (Å²) in [6.45, 7) is 0.296.